The molecule has 2 aromatic carbocycles. The van der Waals surface area contributed by atoms with E-state index in [0.717, 1.165) is 11.4 Å². The molecule has 0 N–H and O–H groups in total. The molecule has 0 atom stereocenters. The Morgan fingerprint density at radius 1 is 1.07 bits per heavy atom. The van der Waals surface area contributed by atoms with Crippen molar-refractivity contribution in [2.24, 2.45) is 0 Å². The Balaban J connectivity index is 1.52. The zero-order valence-corrected chi connectivity index (χ0v) is 17.0. The number of aryl methyl sites for hydroxylation is 1. The summed E-state index contributed by atoms with van der Waals surface area (Å²) in [6.45, 7) is 2.88. The van der Waals surface area contributed by atoms with Crippen molar-refractivity contribution >= 4 is 5.91 Å². The van der Waals surface area contributed by atoms with E-state index >= 15 is 0 Å². The first kappa shape index (κ1) is 19.5. The lowest BCUT2D eigenvalue weighted by Gasteiger charge is -2.18. The molecule has 0 aliphatic rings. The van der Waals surface area contributed by atoms with Gasteiger partial charge in [0.25, 0.3) is 5.91 Å². The van der Waals surface area contributed by atoms with Crippen LogP contribution in [0.5, 0.6) is 5.75 Å². The molecule has 0 fully saturated rings. The van der Waals surface area contributed by atoms with Gasteiger partial charge in [-0.15, -0.1) is 0 Å². The maximum atomic E-state index is 13.2. The number of hydrogen-bond donors (Lipinski definition) is 0. The zero-order chi connectivity index (χ0) is 20.9. The van der Waals surface area contributed by atoms with E-state index in [9.17, 15) is 4.79 Å². The van der Waals surface area contributed by atoms with Gasteiger partial charge in [0.2, 0.25) is 0 Å². The second-order valence-electron chi connectivity index (χ2n) is 7.03. The second kappa shape index (κ2) is 8.69. The quantitative estimate of drug-likeness (QED) is 0.454. The molecular formula is C24H23N3O3. The van der Waals surface area contributed by atoms with Crippen molar-refractivity contribution in [1.82, 2.24) is 14.7 Å². The monoisotopic (exact) mass is 401 g/mol. The van der Waals surface area contributed by atoms with Gasteiger partial charge in [0, 0.05) is 13.1 Å². The summed E-state index contributed by atoms with van der Waals surface area (Å²) in [6, 6.07) is 22.8. The van der Waals surface area contributed by atoms with Crippen LogP contribution >= 0.6 is 0 Å². The number of aromatic nitrogens is 2. The number of furan rings is 1. The Hall–Kier alpha value is -3.80. The third-order valence-corrected chi connectivity index (χ3v) is 4.77. The molecule has 30 heavy (non-hydrogen) atoms. The normalized spacial score (nSPS) is 10.7. The largest absolute Gasteiger partial charge is 0.492 e. The molecule has 0 saturated carbocycles. The standard InChI is InChI=1S/C24H23N3O3/c1-18-10-12-20(13-11-18)29-16-14-26(2)24(28)22-17-21(23-9-6-15-30-23)25-27(22)19-7-4-3-5-8-19/h3-13,15,17H,14,16H2,1-2H3. The maximum absolute atomic E-state index is 13.2. The Morgan fingerprint density at radius 2 is 1.83 bits per heavy atom. The molecule has 0 radical (unpaired) electrons. The highest BCUT2D eigenvalue weighted by atomic mass is 16.5. The highest BCUT2D eigenvalue weighted by Gasteiger charge is 2.21. The number of amides is 1. The van der Waals surface area contributed by atoms with E-state index in [4.69, 9.17) is 9.15 Å². The van der Waals surface area contributed by atoms with Crippen molar-refractivity contribution in [2.75, 3.05) is 20.2 Å². The average Bonchev–Trinajstić information content (AvgIpc) is 3.45. The smallest absolute Gasteiger partial charge is 0.272 e. The predicted molar refractivity (Wildman–Crippen MR) is 115 cm³/mol. The molecule has 0 spiro atoms. The summed E-state index contributed by atoms with van der Waals surface area (Å²) in [5.74, 6) is 1.26. The van der Waals surface area contributed by atoms with E-state index in [1.54, 1.807) is 35.0 Å². The topological polar surface area (TPSA) is 60.5 Å². The zero-order valence-electron chi connectivity index (χ0n) is 17.0. The van der Waals surface area contributed by atoms with Crippen LogP contribution in [-0.4, -0.2) is 40.8 Å². The molecule has 2 aromatic heterocycles. The first-order valence-electron chi connectivity index (χ1n) is 9.76. The number of carbonyl (C=O) groups excluding carboxylic acids is 1. The lowest BCUT2D eigenvalue weighted by atomic mass is 10.2. The molecule has 4 aromatic rings. The predicted octanol–water partition coefficient (Wildman–Crippen LogP) is 4.59. The highest BCUT2D eigenvalue weighted by molar-refractivity contribution is 5.94. The Morgan fingerprint density at radius 3 is 2.53 bits per heavy atom. The van der Waals surface area contributed by atoms with Gasteiger partial charge in [-0.05, 0) is 43.3 Å². The van der Waals surface area contributed by atoms with E-state index < -0.39 is 0 Å². The summed E-state index contributed by atoms with van der Waals surface area (Å²) in [7, 11) is 1.76. The molecule has 0 saturated heterocycles. The number of ether oxygens (including phenoxy) is 1. The molecule has 0 aliphatic carbocycles. The third-order valence-electron chi connectivity index (χ3n) is 4.77. The van der Waals surface area contributed by atoms with E-state index in [1.807, 2.05) is 67.6 Å². The molecule has 152 valence electrons. The molecule has 4 rings (SSSR count). The Kier molecular flexibility index (Phi) is 5.66. The number of carbonyl (C=O) groups is 1. The van der Waals surface area contributed by atoms with Crippen LogP contribution in [0.25, 0.3) is 17.1 Å². The van der Waals surface area contributed by atoms with Gasteiger partial charge in [-0.25, -0.2) is 4.68 Å². The second-order valence-corrected chi connectivity index (χ2v) is 7.03. The number of para-hydroxylation sites is 1. The SMILES string of the molecule is Cc1ccc(OCCN(C)C(=O)c2cc(-c3ccco3)nn2-c2ccccc2)cc1. The van der Waals surface area contributed by atoms with Crippen molar-refractivity contribution in [2.45, 2.75) is 6.92 Å². The fourth-order valence-electron chi connectivity index (χ4n) is 3.08. The van der Waals surface area contributed by atoms with Crippen LogP contribution in [0.3, 0.4) is 0 Å². The van der Waals surface area contributed by atoms with Crippen LogP contribution in [0.15, 0.2) is 83.5 Å². The van der Waals surface area contributed by atoms with Gasteiger partial charge >= 0.3 is 0 Å². The summed E-state index contributed by atoms with van der Waals surface area (Å²) in [5, 5.41) is 4.61. The van der Waals surface area contributed by atoms with Crippen LogP contribution in [0, 0.1) is 6.92 Å². The van der Waals surface area contributed by atoms with Gasteiger partial charge in [-0.3, -0.25) is 4.79 Å². The Bertz CT molecular complexity index is 1100. The van der Waals surface area contributed by atoms with Crippen LogP contribution < -0.4 is 4.74 Å². The Labute approximate surface area is 175 Å². The van der Waals surface area contributed by atoms with Gasteiger partial charge in [-0.2, -0.15) is 5.10 Å². The number of benzene rings is 2. The molecular weight excluding hydrogens is 378 g/mol. The van der Waals surface area contributed by atoms with E-state index in [-0.39, 0.29) is 5.91 Å². The third kappa shape index (κ3) is 4.27. The van der Waals surface area contributed by atoms with Crippen molar-refractivity contribution < 1.29 is 13.9 Å². The minimum atomic E-state index is -0.142. The molecule has 2 heterocycles. The first-order valence-corrected chi connectivity index (χ1v) is 9.76. The minimum absolute atomic E-state index is 0.142. The molecule has 0 aliphatic heterocycles. The lowest BCUT2D eigenvalue weighted by Crippen LogP contribution is -2.32. The highest BCUT2D eigenvalue weighted by Crippen LogP contribution is 2.23. The summed E-state index contributed by atoms with van der Waals surface area (Å²) in [5.41, 5.74) is 3.06. The van der Waals surface area contributed by atoms with E-state index in [1.165, 1.54) is 5.56 Å². The van der Waals surface area contributed by atoms with Crippen LogP contribution in [0.4, 0.5) is 0 Å². The van der Waals surface area contributed by atoms with Gasteiger partial charge in [0.15, 0.2) is 5.76 Å². The summed E-state index contributed by atoms with van der Waals surface area (Å²) in [6.07, 6.45) is 1.59. The van der Waals surface area contributed by atoms with Crippen molar-refractivity contribution in [3.8, 4) is 22.9 Å². The molecule has 0 unspecified atom stereocenters. The van der Waals surface area contributed by atoms with Gasteiger partial charge in [-0.1, -0.05) is 35.9 Å². The fourth-order valence-corrected chi connectivity index (χ4v) is 3.08. The number of nitrogens with zero attached hydrogens (tertiary/aromatic N) is 3. The van der Waals surface area contributed by atoms with E-state index in [2.05, 4.69) is 5.10 Å². The van der Waals surface area contributed by atoms with Crippen molar-refractivity contribution in [1.29, 1.82) is 0 Å². The first-order chi connectivity index (χ1) is 14.6. The maximum Gasteiger partial charge on any atom is 0.272 e. The van der Waals surface area contributed by atoms with Gasteiger partial charge in [0.05, 0.1) is 18.5 Å². The summed E-state index contributed by atoms with van der Waals surface area (Å²) >= 11 is 0. The molecule has 6 nitrogen and oxygen atoms in total. The number of rotatable bonds is 7. The van der Waals surface area contributed by atoms with Crippen LogP contribution in [0.2, 0.25) is 0 Å². The van der Waals surface area contributed by atoms with Gasteiger partial charge in [0.1, 0.15) is 23.7 Å². The molecule has 1 amide bonds. The minimum Gasteiger partial charge on any atom is -0.492 e. The lowest BCUT2D eigenvalue weighted by molar-refractivity contribution is 0.0765. The number of hydrogen-bond acceptors (Lipinski definition) is 4. The summed E-state index contributed by atoms with van der Waals surface area (Å²) < 4.78 is 12.9. The van der Waals surface area contributed by atoms with Crippen molar-refractivity contribution in [3.05, 3.63) is 90.3 Å². The average molecular weight is 401 g/mol. The van der Waals surface area contributed by atoms with Crippen LogP contribution in [0.1, 0.15) is 16.1 Å². The molecule has 0 bridgehead atoms. The fraction of sp³-hybridized carbons (Fsp3) is 0.167. The van der Waals surface area contributed by atoms with Crippen molar-refractivity contribution in [3.63, 3.8) is 0 Å². The molecule has 6 heteroatoms. The number of likely N-dealkylation sites (N-methyl/N-ethyl adjacent to an activating group) is 1. The summed E-state index contributed by atoms with van der Waals surface area (Å²) in [4.78, 5) is 14.8. The van der Waals surface area contributed by atoms with Gasteiger partial charge < -0.3 is 14.1 Å². The van der Waals surface area contributed by atoms with Crippen LogP contribution in [-0.2, 0) is 0 Å². The van der Waals surface area contributed by atoms with E-state index in [0.29, 0.717) is 30.3 Å².